The Morgan fingerprint density at radius 1 is 1.05 bits per heavy atom. The van der Waals surface area contributed by atoms with Gasteiger partial charge in [0.1, 0.15) is 17.6 Å². The molecule has 7 nitrogen and oxygen atoms in total. The first-order valence-electron chi connectivity index (χ1n) is 15.0. The van der Waals surface area contributed by atoms with Gasteiger partial charge in [0.2, 0.25) is 5.91 Å². The fourth-order valence-corrected chi connectivity index (χ4v) is 6.20. The van der Waals surface area contributed by atoms with E-state index in [1.807, 2.05) is 48.5 Å². The number of fused-ring (bicyclic) bond motifs is 1. The van der Waals surface area contributed by atoms with Gasteiger partial charge in [-0.3, -0.25) is 20.6 Å². The molecule has 1 fully saturated rings. The van der Waals surface area contributed by atoms with E-state index in [9.17, 15) is 22.8 Å². The van der Waals surface area contributed by atoms with Crippen LogP contribution < -0.4 is 15.8 Å². The van der Waals surface area contributed by atoms with Gasteiger partial charge < -0.3 is 14.5 Å². The first-order valence-corrected chi connectivity index (χ1v) is 15.0. The lowest BCUT2D eigenvalue weighted by Crippen LogP contribution is -2.47. The van der Waals surface area contributed by atoms with E-state index < -0.39 is 35.0 Å². The Kier molecular flexibility index (Phi) is 9.04. The third-order valence-electron chi connectivity index (χ3n) is 8.69. The van der Waals surface area contributed by atoms with Crippen molar-refractivity contribution in [1.29, 1.82) is 0 Å². The monoisotopic (exact) mass is 608 g/mol. The molecular formula is C34H39F3N4O3. The lowest BCUT2D eigenvalue weighted by atomic mass is 9.83. The van der Waals surface area contributed by atoms with Crippen molar-refractivity contribution < 1.29 is 27.5 Å². The van der Waals surface area contributed by atoms with E-state index in [0.717, 1.165) is 29.2 Å². The normalized spacial score (nSPS) is 20.5. The summed E-state index contributed by atoms with van der Waals surface area (Å²) in [5.41, 5.74) is 7.20. The Bertz CT molecular complexity index is 1510. The number of carbonyl (C=O) groups excluding carboxylic acids is 2. The molecule has 0 spiro atoms. The van der Waals surface area contributed by atoms with Gasteiger partial charge in [0.25, 0.3) is 5.91 Å². The number of ether oxygens (including phenoxy) is 1. The molecule has 10 heteroatoms. The van der Waals surface area contributed by atoms with Gasteiger partial charge in [0, 0.05) is 19.6 Å². The van der Waals surface area contributed by atoms with Crippen molar-refractivity contribution in [1.82, 2.24) is 15.1 Å². The van der Waals surface area contributed by atoms with E-state index in [1.54, 1.807) is 7.11 Å². The maximum Gasteiger partial charge on any atom is 0.417 e. The highest BCUT2D eigenvalue weighted by Crippen LogP contribution is 2.37. The van der Waals surface area contributed by atoms with Crippen molar-refractivity contribution in [3.63, 3.8) is 0 Å². The van der Waals surface area contributed by atoms with Crippen molar-refractivity contribution in [2.45, 2.75) is 64.1 Å². The zero-order valence-corrected chi connectivity index (χ0v) is 25.3. The first kappa shape index (κ1) is 31.5. The minimum atomic E-state index is -4.73. The van der Waals surface area contributed by atoms with Crippen LogP contribution >= 0.6 is 0 Å². The van der Waals surface area contributed by atoms with Crippen LogP contribution in [0.1, 0.15) is 64.9 Å². The van der Waals surface area contributed by atoms with E-state index in [4.69, 9.17) is 10.5 Å². The van der Waals surface area contributed by atoms with Crippen LogP contribution in [0.3, 0.4) is 0 Å². The Morgan fingerprint density at radius 2 is 1.75 bits per heavy atom. The second-order valence-electron chi connectivity index (χ2n) is 12.0. The molecule has 3 aromatic carbocycles. The molecule has 0 radical (unpaired) electrons. The second-order valence-corrected chi connectivity index (χ2v) is 12.0. The van der Waals surface area contributed by atoms with Gasteiger partial charge in [-0.25, -0.2) is 0 Å². The molecule has 0 aliphatic carbocycles. The number of halogens is 3. The van der Waals surface area contributed by atoms with Gasteiger partial charge in [-0.2, -0.15) is 13.2 Å². The number of nitrogens with one attached hydrogen (secondary N) is 1. The molecule has 2 amide bonds. The maximum absolute atomic E-state index is 14.2. The molecule has 2 heterocycles. The average molecular weight is 609 g/mol. The number of carbonyl (C=O) groups is 2. The van der Waals surface area contributed by atoms with Crippen molar-refractivity contribution in [3.05, 3.63) is 100 Å². The molecule has 2 atom stereocenters. The molecule has 44 heavy (non-hydrogen) atoms. The largest absolute Gasteiger partial charge is 0.497 e. The average Bonchev–Trinajstić information content (AvgIpc) is 3.13. The van der Waals surface area contributed by atoms with Gasteiger partial charge in [-0.1, -0.05) is 56.3 Å². The van der Waals surface area contributed by atoms with Crippen molar-refractivity contribution >= 4 is 11.8 Å². The SMILES string of the molecule is COc1ccc2c(c1)CCN(C(=O)c1cc(CN3C(=O)C(CCC(C)C)(c4ccccc4)NC3N)ccc1C(F)(F)F)CC2. The lowest BCUT2D eigenvalue weighted by molar-refractivity contribution is -0.138. The Balaban J connectivity index is 1.42. The van der Waals surface area contributed by atoms with Crippen LogP contribution in [0.25, 0.3) is 0 Å². The summed E-state index contributed by atoms with van der Waals surface area (Å²) in [5, 5.41) is 3.30. The molecular weight excluding hydrogens is 569 g/mol. The lowest BCUT2D eigenvalue weighted by Gasteiger charge is -2.29. The van der Waals surface area contributed by atoms with E-state index >= 15 is 0 Å². The molecule has 2 aliphatic heterocycles. The minimum Gasteiger partial charge on any atom is -0.497 e. The van der Waals surface area contributed by atoms with E-state index in [0.29, 0.717) is 36.5 Å². The van der Waals surface area contributed by atoms with E-state index in [1.165, 1.54) is 21.9 Å². The molecule has 0 aromatic heterocycles. The molecule has 0 bridgehead atoms. The molecule has 2 aliphatic rings. The zero-order chi connectivity index (χ0) is 31.6. The summed E-state index contributed by atoms with van der Waals surface area (Å²) >= 11 is 0. The number of alkyl halides is 3. The maximum atomic E-state index is 14.2. The Labute approximate surface area is 256 Å². The number of nitrogens with zero attached hydrogens (tertiary/aromatic N) is 2. The summed E-state index contributed by atoms with van der Waals surface area (Å²) in [7, 11) is 1.58. The number of rotatable bonds is 8. The van der Waals surface area contributed by atoms with Gasteiger partial charge in [0.15, 0.2) is 0 Å². The molecule has 234 valence electrons. The quantitative estimate of drug-likeness (QED) is 0.355. The van der Waals surface area contributed by atoms with Crippen LogP contribution in [0.5, 0.6) is 5.75 Å². The number of nitrogens with two attached hydrogens (primary N) is 1. The van der Waals surface area contributed by atoms with Crippen LogP contribution in [0.2, 0.25) is 0 Å². The summed E-state index contributed by atoms with van der Waals surface area (Å²) in [6.07, 6.45) is -3.30. The first-order chi connectivity index (χ1) is 20.9. The van der Waals surface area contributed by atoms with Gasteiger partial charge in [-0.05, 0) is 78.1 Å². The van der Waals surface area contributed by atoms with E-state index in [2.05, 4.69) is 19.2 Å². The van der Waals surface area contributed by atoms with Crippen LogP contribution in [0, 0.1) is 5.92 Å². The van der Waals surface area contributed by atoms with Gasteiger partial charge in [0.05, 0.1) is 18.2 Å². The predicted molar refractivity (Wildman–Crippen MR) is 162 cm³/mol. The van der Waals surface area contributed by atoms with Crippen LogP contribution in [-0.4, -0.2) is 48.1 Å². The summed E-state index contributed by atoms with van der Waals surface area (Å²) in [6.45, 7) is 4.67. The standard InChI is InChI=1S/C34H39F3N4O3/c1-22(2)13-16-33(26-7-5-4-6-8-26)31(43)41(32(38)39-33)21-23-9-12-29(34(35,36)37)28(19-23)30(42)40-17-14-24-10-11-27(44-3)20-25(24)15-18-40/h4-12,19-20,22,32,39H,13-18,21,38H2,1-3H3. The van der Waals surface area contributed by atoms with Gasteiger partial charge in [-0.15, -0.1) is 0 Å². The molecule has 0 saturated carbocycles. The van der Waals surface area contributed by atoms with Crippen LogP contribution in [0.4, 0.5) is 13.2 Å². The molecule has 3 aromatic rings. The molecule has 1 saturated heterocycles. The Morgan fingerprint density at radius 3 is 2.41 bits per heavy atom. The highest BCUT2D eigenvalue weighted by atomic mass is 19.4. The topological polar surface area (TPSA) is 87.9 Å². The predicted octanol–water partition coefficient (Wildman–Crippen LogP) is 5.46. The molecule has 2 unspecified atom stereocenters. The van der Waals surface area contributed by atoms with E-state index in [-0.39, 0.29) is 25.5 Å². The van der Waals surface area contributed by atoms with Gasteiger partial charge >= 0.3 is 6.18 Å². The second kappa shape index (κ2) is 12.6. The number of amides is 2. The van der Waals surface area contributed by atoms with Crippen LogP contribution in [0.15, 0.2) is 66.7 Å². The van der Waals surface area contributed by atoms with Crippen molar-refractivity contribution in [2.75, 3.05) is 20.2 Å². The number of hydrogen-bond donors (Lipinski definition) is 2. The highest BCUT2D eigenvalue weighted by molar-refractivity contribution is 5.96. The summed E-state index contributed by atoms with van der Waals surface area (Å²) in [5.74, 6) is 0.100. The van der Waals surface area contributed by atoms with Crippen molar-refractivity contribution in [3.8, 4) is 5.75 Å². The number of methoxy groups -OCH3 is 1. The third-order valence-corrected chi connectivity index (χ3v) is 8.69. The van der Waals surface area contributed by atoms with Crippen LogP contribution in [-0.2, 0) is 35.9 Å². The summed E-state index contributed by atoms with van der Waals surface area (Å²) in [6, 6.07) is 18.6. The highest BCUT2D eigenvalue weighted by Gasteiger charge is 2.51. The summed E-state index contributed by atoms with van der Waals surface area (Å²) in [4.78, 5) is 30.7. The minimum absolute atomic E-state index is 0.0487. The number of benzene rings is 3. The smallest absolute Gasteiger partial charge is 0.417 e. The third kappa shape index (κ3) is 6.32. The fourth-order valence-electron chi connectivity index (χ4n) is 6.20. The summed E-state index contributed by atoms with van der Waals surface area (Å²) < 4.78 is 47.8. The molecule has 3 N–H and O–H groups in total. The zero-order valence-electron chi connectivity index (χ0n) is 25.3. The fraction of sp³-hybridized carbons (Fsp3) is 0.412. The Hall–Kier alpha value is -3.89. The number of hydrogen-bond acceptors (Lipinski definition) is 5. The van der Waals surface area contributed by atoms with Crippen molar-refractivity contribution in [2.24, 2.45) is 11.7 Å². The molecule has 5 rings (SSSR count).